The summed E-state index contributed by atoms with van der Waals surface area (Å²) in [7, 11) is 1.55. The second kappa shape index (κ2) is 7.98. The first-order chi connectivity index (χ1) is 9.38. The molecule has 9 heteroatoms. The highest BCUT2D eigenvalue weighted by Crippen LogP contribution is 2.20. The molecule has 0 radical (unpaired) electrons. The number of rotatable bonds is 6. The zero-order valence-electron chi connectivity index (χ0n) is 10.6. The molecule has 7 nitrogen and oxygen atoms in total. The van der Waals surface area contributed by atoms with Gasteiger partial charge in [-0.25, -0.2) is 9.59 Å². The maximum atomic E-state index is 11.7. The number of hydrogen-bond donors (Lipinski definition) is 2. The predicted octanol–water partition coefficient (Wildman–Crippen LogP) is 1.28. The lowest BCUT2D eigenvalue weighted by atomic mass is 10.4. The van der Waals surface area contributed by atoms with E-state index in [1.54, 1.807) is 7.05 Å². The number of hydrogen-bond acceptors (Lipinski definition) is 5. The third-order valence-electron chi connectivity index (χ3n) is 2.07. The number of nitrogens with one attached hydrogen (secondary N) is 1. The first-order valence-electron chi connectivity index (χ1n) is 5.46. The summed E-state index contributed by atoms with van der Waals surface area (Å²) < 4.78 is 5.51. The fraction of sp³-hybridized carbons (Fsp3) is 0.364. The largest absolute Gasteiger partial charge is 0.480 e. The number of imide groups is 1. The van der Waals surface area contributed by atoms with Crippen molar-refractivity contribution in [3.8, 4) is 0 Å². The first-order valence-corrected chi connectivity index (χ1v) is 7.13. The average Bonchev–Trinajstić information content (AvgIpc) is 2.74. The van der Waals surface area contributed by atoms with E-state index in [9.17, 15) is 14.4 Å². The van der Waals surface area contributed by atoms with E-state index in [0.29, 0.717) is 6.54 Å². The summed E-state index contributed by atoms with van der Waals surface area (Å²) in [5.41, 5.74) is 0. The van der Waals surface area contributed by atoms with Crippen LogP contribution in [0.15, 0.2) is 15.9 Å². The van der Waals surface area contributed by atoms with Gasteiger partial charge < -0.3 is 14.7 Å². The number of ether oxygens (including phenoxy) is 1. The number of halogens is 1. The Morgan fingerprint density at radius 3 is 2.70 bits per heavy atom. The zero-order chi connectivity index (χ0) is 15.1. The summed E-state index contributed by atoms with van der Waals surface area (Å²) in [6, 6.07) is 1.31. The third kappa shape index (κ3) is 6.13. The summed E-state index contributed by atoms with van der Waals surface area (Å²) in [4.78, 5) is 35.5. The molecule has 0 aromatic carbocycles. The van der Waals surface area contributed by atoms with Gasteiger partial charge in [-0.2, -0.15) is 0 Å². The molecule has 0 fully saturated rings. The van der Waals surface area contributed by atoms with Gasteiger partial charge in [0.2, 0.25) is 0 Å². The number of amides is 3. The Bertz CT molecular complexity index is 505. The first kappa shape index (κ1) is 16.6. The molecule has 1 rings (SSSR count). The van der Waals surface area contributed by atoms with Crippen LogP contribution in [0.4, 0.5) is 4.79 Å². The number of carboxylic acids is 1. The minimum Gasteiger partial charge on any atom is -0.480 e. The zero-order valence-corrected chi connectivity index (χ0v) is 13.0. The molecule has 1 aromatic heterocycles. The van der Waals surface area contributed by atoms with Gasteiger partial charge >= 0.3 is 12.0 Å². The lowest BCUT2D eigenvalue weighted by molar-refractivity contribution is -0.143. The highest BCUT2D eigenvalue weighted by molar-refractivity contribution is 9.10. The van der Waals surface area contributed by atoms with E-state index in [1.165, 1.54) is 16.2 Å². The van der Waals surface area contributed by atoms with Crippen LogP contribution in [0.2, 0.25) is 0 Å². The van der Waals surface area contributed by atoms with E-state index < -0.39 is 31.1 Å². The van der Waals surface area contributed by atoms with Crippen LogP contribution in [0.1, 0.15) is 4.88 Å². The second-order valence-electron chi connectivity index (χ2n) is 3.83. The van der Waals surface area contributed by atoms with Crippen LogP contribution in [0.3, 0.4) is 0 Å². The van der Waals surface area contributed by atoms with Crippen molar-refractivity contribution in [1.29, 1.82) is 0 Å². The Hall–Kier alpha value is -1.45. The molecular weight excluding hydrogens is 352 g/mol. The molecule has 0 spiro atoms. The molecular formula is C11H13BrN2O5S. The lowest BCUT2D eigenvalue weighted by Gasteiger charge is -2.16. The van der Waals surface area contributed by atoms with Gasteiger partial charge in [0.15, 0.2) is 0 Å². The van der Waals surface area contributed by atoms with Crippen molar-refractivity contribution < 1.29 is 24.2 Å². The molecule has 2 N–H and O–H groups in total. The fourth-order valence-corrected chi connectivity index (χ4v) is 2.73. The lowest BCUT2D eigenvalue weighted by Crippen LogP contribution is -2.42. The molecule has 0 bridgehead atoms. The minimum absolute atomic E-state index is 0.366. The van der Waals surface area contributed by atoms with Gasteiger partial charge in [0.05, 0.1) is 6.54 Å². The minimum atomic E-state index is -1.18. The van der Waals surface area contributed by atoms with Crippen molar-refractivity contribution in [1.82, 2.24) is 10.2 Å². The van der Waals surface area contributed by atoms with E-state index in [-0.39, 0.29) is 0 Å². The summed E-state index contributed by atoms with van der Waals surface area (Å²) >= 11 is 4.80. The number of aliphatic carboxylic acids is 1. The Balaban J connectivity index is 2.33. The molecule has 1 aromatic rings. The van der Waals surface area contributed by atoms with Crippen molar-refractivity contribution in [2.24, 2.45) is 0 Å². The number of urea groups is 1. The summed E-state index contributed by atoms with van der Waals surface area (Å²) in [5, 5.41) is 12.3. The molecule has 1 heterocycles. The average molecular weight is 365 g/mol. The van der Waals surface area contributed by atoms with E-state index in [2.05, 4.69) is 26.0 Å². The highest BCUT2D eigenvalue weighted by atomic mass is 79.9. The van der Waals surface area contributed by atoms with E-state index in [4.69, 9.17) is 5.11 Å². The predicted molar refractivity (Wildman–Crippen MR) is 75.5 cm³/mol. The second-order valence-corrected chi connectivity index (χ2v) is 5.74. The number of carbonyl (C=O) groups excluding carboxylic acids is 2. The quantitative estimate of drug-likeness (QED) is 0.792. The van der Waals surface area contributed by atoms with Crippen molar-refractivity contribution in [2.45, 2.75) is 6.54 Å². The van der Waals surface area contributed by atoms with E-state index in [1.807, 2.05) is 11.4 Å². The van der Waals surface area contributed by atoms with Gasteiger partial charge in [-0.1, -0.05) is 0 Å². The standard InChI is InChI=1S/C11H13BrN2O5S/c1-14(3-8-2-7(12)6-20-8)11(18)13-9(15)4-19-5-10(16)17/h2,6H,3-5H2,1H3,(H,16,17)(H,13,15,18). The highest BCUT2D eigenvalue weighted by Gasteiger charge is 2.14. The smallest absolute Gasteiger partial charge is 0.329 e. The van der Waals surface area contributed by atoms with Crippen molar-refractivity contribution in [2.75, 3.05) is 20.3 Å². The van der Waals surface area contributed by atoms with Crippen LogP contribution in [0, 0.1) is 0 Å². The number of carbonyl (C=O) groups is 3. The topological polar surface area (TPSA) is 95.9 Å². The molecule has 3 amide bonds. The summed E-state index contributed by atoms with van der Waals surface area (Å²) in [6.45, 7) is -0.692. The SMILES string of the molecule is CN(Cc1cc(Br)cs1)C(=O)NC(=O)COCC(=O)O. The fourth-order valence-electron chi connectivity index (χ4n) is 1.22. The molecule has 0 aliphatic carbocycles. The normalized spacial score (nSPS) is 10.1. The van der Waals surface area contributed by atoms with Gasteiger partial charge in [-0.15, -0.1) is 11.3 Å². The van der Waals surface area contributed by atoms with Crippen LogP contribution < -0.4 is 5.32 Å². The number of thiophene rings is 1. The van der Waals surface area contributed by atoms with Gasteiger partial charge in [0.1, 0.15) is 13.2 Å². The van der Waals surface area contributed by atoms with Crippen LogP contribution in [0.5, 0.6) is 0 Å². The van der Waals surface area contributed by atoms with E-state index >= 15 is 0 Å². The Morgan fingerprint density at radius 2 is 2.15 bits per heavy atom. The van der Waals surface area contributed by atoms with Crippen molar-refractivity contribution >= 4 is 45.2 Å². The maximum Gasteiger partial charge on any atom is 0.329 e. The Kier molecular flexibility index (Phi) is 6.62. The van der Waals surface area contributed by atoms with E-state index in [0.717, 1.165) is 9.35 Å². The monoisotopic (exact) mass is 364 g/mol. The molecule has 110 valence electrons. The van der Waals surface area contributed by atoms with Gasteiger partial charge in [-0.05, 0) is 22.0 Å². The van der Waals surface area contributed by atoms with Crippen LogP contribution in [-0.4, -0.2) is 48.2 Å². The third-order valence-corrected chi connectivity index (χ3v) is 3.75. The number of carboxylic acid groups (broad SMARTS) is 1. The molecule has 0 saturated carbocycles. The van der Waals surface area contributed by atoms with Crippen LogP contribution >= 0.6 is 27.3 Å². The molecule has 0 saturated heterocycles. The molecule has 0 atom stereocenters. The molecule has 0 aliphatic heterocycles. The van der Waals surface area contributed by atoms with Gasteiger partial charge in [0, 0.05) is 21.8 Å². The van der Waals surface area contributed by atoms with Crippen molar-refractivity contribution in [3.05, 3.63) is 20.8 Å². The Labute approximate surface area is 127 Å². The summed E-state index contributed by atoms with van der Waals surface area (Å²) in [6.07, 6.45) is 0. The molecule has 0 aliphatic rings. The maximum absolute atomic E-state index is 11.7. The number of nitrogens with zero attached hydrogens (tertiary/aromatic N) is 1. The van der Waals surface area contributed by atoms with Gasteiger partial charge in [0.25, 0.3) is 5.91 Å². The molecule has 0 unspecified atom stereocenters. The van der Waals surface area contributed by atoms with Gasteiger partial charge in [-0.3, -0.25) is 10.1 Å². The van der Waals surface area contributed by atoms with Crippen LogP contribution in [0.25, 0.3) is 0 Å². The Morgan fingerprint density at radius 1 is 1.45 bits per heavy atom. The molecule has 20 heavy (non-hydrogen) atoms. The summed E-state index contributed by atoms with van der Waals surface area (Å²) in [5.74, 6) is -1.86. The van der Waals surface area contributed by atoms with Crippen LogP contribution in [-0.2, 0) is 20.9 Å². The van der Waals surface area contributed by atoms with Crippen molar-refractivity contribution in [3.63, 3.8) is 0 Å².